The Hall–Kier alpha value is -2.05. The van der Waals surface area contributed by atoms with Crippen LogP contribution in [0.25, 0.3) is 11.0 Å². The van der Waals surface area contributed by atoms with Crippen molar-refractivity contribution in [2.24, 2.45) is 0 Å². The van der Waals surface area contributed by atoms with E-state index in [-0.39, 0.29) is 22.5 Å². The third-order valence-corrected chi connectivity index (χ3v) is 4.45. The Kier molecular flexibility index (Phi) is 4.05. The van der Waals surface area contributed by atoms with Crippen LogP contribution in [0.2, 0.25) is 0 Å². The molecule has 0 amide bonds. The van der Waals surface area contributed by atoms with Gasteiger partial charge in [0.15, 0.2) is 17.7 Å². The molecule has 0 spiro atoms. The van der Waals surface area contributed by atoms with E-state index in [1.54, 1.807) is 5.48 Å². The van der Waals surface area contributed by atoms with Gasteiger partial charge in [0.2, 0.25) is 0 Å². The number of nitro groups is 1. The summed E-state index contributed by atoms with van der Waals surface area (Å²) in [5, 5.41) is 39.9. The Morgan fingerprint density at radius 2 is 2.29 bits per heavy atom. The number of hydrogen-bond acceptors (Lipinski definition) is 9. The molecular weight excluding hydrogens is 346 g/mol. The van der Waals surface area contributed by atoms with Crippen molar-refractivity contribution in [3.05, 3.63) is 22.6 Å². The molecule has 1 fully saturated rings. The number of nitrogens with one attached hydrogen (secondary N) is 1. The van der Waals surface area contributed by atoms with Gasteiger partial charge in [0, 0.05) is 0 Å². The SMILES string of the molecule is C[C@@]1(Cl)C(O)C(CO)O[C@H]1n1cc([N+](=O)[O-])c2c(NO)ncnc21. The number of halogens is 1. The zero-order valence-electron chi connectivity index (χ0n) is 12.3. The number of ether oxygens (including phenoxy) is 1. The number of fused-ring (bicyclic) bond motifs is 1. The summed E-state index contributed by atoms with van der Waals surface area (Å²) in [4.78, 5) is 17.0. The minimum Gasteiger partial charge on any atom is -0.394 e. The number of anilines is 1. The topological polar surface area (TPSA) is 156 Å². The van der Waals surface area contributed by atoms with E-state index >= 15 is 0 Å². The highest BCUT2D eigenvalue weighted by molar-refractivity contribution is 6.24. The zero-order valence-corrected chi connectivity index (χ0v) is 13.1. The van der Waals surface area contributed by atoms with E-state index < -0.39 is 34.8 Å². The Morgan fingerprint density at radius 1 is 1.58 bits per heavy atom. The minimum atomic E-state index is -1.37. The van der Waals surface area contributed by atoms with Crippen LogP contribution in [0.4, 0.5) is 11.5 Å². The third-order valence-electron chi connectivity index (χ3n) is 4.04. The van der Waals surface area contributed by atoms with Crippen molar-refractivity contribution >= 4 is 34.1 Å². The van der Waals surface area contributed by atoms with Crippen molar-refractivity contribution in [1.29, 1.82) is 0 Å². The lowest BCUT2D eigenvalue weighted by Crippen LogP contribution is -2.39. The van der Waals surface area contributed by atoms with Crippen LogP contribution in [-0.2, 0) is 4.74 Å². The fourth-order valence-corrected chi connectivity index (χ4v) is 3.13. The first kappa shape index (κ1) is 16.8. The van der Waals surface area contributed by atoms with Gasteiger partial charge in [-0.3, -0.25) is 25.4 Å². The van der Waals surface area contributed by atoms with Crippen molar-refractivity contribution in [1.82, 2.24) is 14.5 Å². The smallest absolute Gasteiger partial charge is 0.300 e. The first-order valence-corrected chi connectivity index (χ1v) is 7.24. The second kappa shape index (κ2) is 5.79. The molecule has 0 radical (unpaired) electrons. The maximum atomic E-state index is 11.3. The predicted octanol–water partition coefficient (Wildman–Crippen LogP) is 0.389. The standard InChI is InChI=1S/C12H14ClN5O6/c1-12(13)8(20)6(3-19)24-11(12)17-2-5(18(22)23)7-9(16-21)14-4-15-10(7)17/h2,4,6,8,11,19-21H,3H2,1H3,(H,14,15,16)/t6?,8?,11-,12-/m1/s1. The number of aromatic nitrogens is 3. The van der Waals surface area contributed by atoms with Crippen LogP contribution in [0.3, 0.4) is 0 Å². The van der Waals surface area contributed by atoms with Gasteiger partial charge in [-0.15, -0.1) is 11.6 Å². The van der Waals surface area contributed by atoms with Gasteiger partial charge in [0.05, 0.1) is 17.7 Å². The molecule has 0 bridgehead atoms. The average molecular weight is 360 g/mol. The lowest BCUT2D eigenvalue weighted by atomic mass is 10.0. The molecule has 0 aromatic carbocycles. The minimum absolute atomic E-state index is 0.0389. The van der Waals surface area contributed by atoms with Crippen molar-refractivity contribution < 1.29 is 25.1 Å². The normalized spacial score (nSPS) is 30.0. The lowest BCUT2D eigenvalue weighted by molar-refractivity contribution is -0.383. The van der Waals surface area contributed by atoms with Gasteiger partial charge in [-0.25, -0.2) is 9.97 Å². The highest BCUT2D eigenvalue weighted by Crippen LogP contribution is 2.46. The molecule has 11 nitrogen and oxygen atoms in total. The molecule has 4 N–H and O–H groups in total. The maximum Gasteiger partial charge on any atom is 0.300 e. The summed E-state index contributed by atoms with van der Waals surface area (Å²) < 4.78 is 6.84. The molecule has 3 rings (SSSR count). The lowest BCUT2D eigenvalue weighted by Gasteiger charge is -2.26. The third kappa shape index (κ3) is 2.29. The molecule has 3 heterocycles. The number of aliphatic hydroxyl groups excluding tert-OH is 2. The Bertz CT molecular complexity index is 796. The van der Waals surface area contributed by atoms with E-state index in [1.807, 2.05) is 0 Å². The van der Waals surface area contributed by atoms with E-state index in [2.05, 4.69) is 9.97 Å². The fraction of sp³-hybridized carbons (Fsp3) is 0.500. The summed E-state index contributed by atoms with van der Waals surface area (Å²) in [6.45, 7) is 1.02. The van der Waals surface area contributed by atoms with E-state index in [4.69, 9.17) is 21.5 Å². The van der Waals surface area contributed by atoms with Gasteiger partial charge < -0.3 is 14.9 Å². The molecule has 1 aliphatic rings. The summed E-state index contributed by atoms with van der Waals surface area (Å²) in [5.41, 5.74) is 1.49. The molecular formula is C12H14ClN5O6. The molecule has 1 aliphatic heterocycles. The van der Waals surface area contributed by atoms with Crippen LogP contribution in [0.15, 0.2) is 12.5 Å². The molecule has 2 aromatic heterocycles. The van der Waals surface area contributed by atoms with Crippen molar-refractivity contribution in [3.8, 4) is 0 Å². The number of nitrogens with zero attached hydrogens (tertiary/aromatic N) is 4. The summed E-state index contributed by atoms with van der Waals surface area (Å²) in [6, 6.07) is 0. The first-order valence-electron chi connectivity index (χ1n) is 6.86. The van der Waals surface area contributed by atoms with Crippen LogP contribution < -0.4 is 5.48 Å². The second-order valence-corrected chi connectivity index (χ2v) is 6.33. The number of rotatable bonds is 4. The van der Waals surface area contributed by atoms with Crippen LogP contribution in [-0.4, -0.2) is 58.6 Å². The van der Waals surface area contributed by atoms with Crippen molar-refractivity contribution in [3.63, 3.8) is 0 Å². The van der Waals surface area contributed by atoms with E-state index in [1.165, 1.54) is 11.5 Å². The monoisotopic (exact) mass is 359 g/mol. The van der Waals surface area contributed by atoms with Gasteiger partial charge in [0.1, 0.15) is 28.8 Å². The summed E-state index contributed by atoms with van der Waals surface area (Å²) >= 11 is 6.37. The quantitative estimate of drug-likeness (QED) is 0.344. The number of hydrogen-bond donors (Lipinski definition) is 4. The molecule has 0 aliphatic carbocycles. The van der Waals surface area contributed by atoms with Gasteiger partial charge in [-0.05, 0) is 6.92 Å². The van der Waals surface area contributed by atoms with Crippen LogP contribution in [0, 0.1) is 10.1 Å². The summed E-state index contributed by atoms with van der Waals surface area (Å²) in [6.07, 6.45) is -0.960. The van der Waals surface area contributed by atoms with Gasteiger partial charge in [0.25, 0.3) is 5.69 Å². The molecule has 24 heavy (non-hydrogen) atoms. The molecule has 12 heteroatoms. The van der Waals surface area contributed by atoms with Gasteiger partial charge in [-0.2, -0.15) is 0 Å². The highest BCUT2D eigenvalue weighted by atomic mass is 35.5. The van der Waals surface area contributed by atoms with E-state index in [0.29, 0.717) is 0 Å². The molecule has 0 saturated carbocycles. The zero-order chi connectivity index (χ0) is 17.6. The molecule has 1 saturated heterocycles. The van der Waals surface area contributed by atoms with Crippen molar-refractivity contribution in [2.75, 3.05) is 12.1 Å². The first-order chi connectivity index (χ1) is 11.3. The largest absolute Gasteiger partial charge is 0.394 e. The van der Waals surface area contributed by atoms with Crippen LogP contribution in [0.5, 0.6) is 0 Å². The van der Waals surface area contributed by atoms with E-state index in [0.717, 1.165) is 12.5 Å². The Morgan fingerprint density at radius 3 is 2.83 bits per heavy atom. The molecule has 130 valence electrons. The van der Waals surface area contributed by atoms with Crippen LogP contribution in [0.1, 0.15) is 13.2 Å². The fourth-order valence-electron chi connectivity index (χ4n) is 2.83. The van der Waals surface area contributed by atoms with Crippen molar-refractivity contribution in [2.45, 2.75) is 30.2 Å². The molecule has 4 atom stereocenters. The van der Waals surface area contributed by atoms with Crippen LogP contribution >= 0.6 is 11.6 Å². The van der Waals surface area contributed by atoms with Gasteiger partial charge >= 0.3 is 0 Å². The Labute approximate surface area is 139 Å². The maximum absolute atomic E-state index is 11.3. The predicted molar refractivity (Wildman–Crippen MR) is 80.9 cm³/mol. The summed E-state index contributed by atoms with van der Waals surface area (Å²) in [7, 11) is 0. The highest BCUT2D eigenvalue weighted by Gasteiger charge is 2.53. The number of aliphatic hydroxyl groups is 2. The molecule has 2 aromatic rings. The van der Waals surface area contributed by atoms with Gasteiger partial charge in [-0.1, -0.05) is 0 Å². The second-order valence-electron chi connectivity index (χ2n) is 5.52. The molecule has 2 unspecified atom stereocenters. The van der Waals surface area contributed by atoms with E-state index in [9.17, 15) is 20.3 Å². The summed E-state index contributed by atoms with van der Waals surface area (Å²) in [5.74, 6) is -0.154. The Balaban J connectivity index is 2.23. The average Bonchev–Trinajstić information content (AvgIpc) is 3.04. The number of alkyl halides is 1.